The molecule has 1 heterocycles. The molecule has 230 valence electrons. The number of fused-ring (bicyclic) bond motifs is 2. The van der Waals surface area contributed by atoms with E-state index in [1.165, 1.54) is 7.11 Å². The number of aliphatic hydroxyl groups excluding tert-OH is 1. The van der Waals surface area contributed by atoms with E-state index in [9.17, 15) is 19.8 Å². The minimum atomic E-state index is -1.70. The number of ether oxygens (including phenoxy) is 5. The molecule has 10 heteroatoms. The van der Waals surface area contributed by atoms with E-state index in [2.05, 4.69) is 11.8 Å². The first-order valence-corrected chi connectivity index (χ1v) is 15.2. The Balaban J connectivity index is 1.45. The quantitative estimate of drug-likeness (QED) is 0.430. The number of ketones is 1. The van der Waals surface area contributed by atoms with Crippen molar-refractivity contribution in [2.75, 3.05) is 48.1 Å². The number of benzene rings is 1. The lowest BCUT2D eigenvalue weighted by molar-refractivity contribution is -0.280. The van der Waals surface area contributed by atoms with Gasteiger partial charge in [-0.25, -0.2) is 4.79 Å². The van der Waals surface area contributed by atoms with Gasteiger partial charge in [0.2, 0.25) is 0 Å². The van der Waals surface area contributed by atoms with Gasteiger partial charge >= 0.3 is 5.97 Å². The minimum Gasteiger partial charge on any atom is -0.455 e. The number of carbonyl (C=O) groups excluding carboxylic acids is 2. The number of Topliss-reactive ketones (excluding diaryl/α,β-unsaturated/α-hetero) is 1. The molecule has 7 rings (SSSR count). The Hall–Kier alpha value is -1.92. The van der Waals surface area contributed by atoms with Crippen LogP contribution in [-0.2, 0) is 28.5 Å². The van der Waals surface area contributed by atoms with E-state index >= 15 is 0 Å². The van der Waals surface area contributed by atoms with Gasteiger partial charge in [-0.15, -0.1) is 0 Å². The summed E-state index contributed by atoms with van der Waals surface area (Å²) < 4.78 is 30.6. The Morgan fingerprint density at radius 2 is 1.81 bits per heavy atom. The zero-order valence-electron chi connectivity index (χ0n) is 25.0. The average molecular weight is 586 g/mol. The third-order valence-corrected chi connectivity index (χ3v) is 12.5. The summed E-state index contributed by atoms with van der Waals surface area (Å²) in [6, 6.07) is 8.65. The lowest BCUT2D eigenvalue weighted by Crippen LogP contribution is -2.77. The van der Waals surface area contributed by atoms with Gasteiger partial charge in [0.05, 0.1) is 30.5 Å². The number of hydrogen-bond donors (Lipinski definition) is 2. The molecule has 0 aromatic heterocycles. The van der Waals surface area contributed by atoms with Gasteiger partial charge in [0.15, 0.2) is 5.78 Å². The second-order valence-corrected chi connectivity index (χ2v) is 13.5. The second-order valence-electron chi connectivity index (χ2n) is 13.5. The molecular weight excluding hydrogens is 542 g/mol. The summed E-state index contributed by atoms with van der Waals surface area (Å²) in [5.41, 5.74) is -2.56. The van der Waals surface area contributed by atoms with Crippen molar-refractivity contribution in [3.8, 4) is 0 Å². The van der Waals surface area contributed by atoms with Gasteiger partial charge in [0, 0.05) is 81.9 Å². The second kappa shape index (κ2) is 9.79. The highest BCUT2D eigenvalue weighted by atomic mass is 16.6. The molecule has 1 aromatic carbocycles. The third-order valence-electron chi connectivity index (χ3n) is 12.5. The van der Waals surface area contributed by atoms with Crippen LogP contribution in [0.1, 0.15) is 30.1 Å². The highest BCUT2D eigenvalue weighted by Crippen LogP contribution is 2.78. The van der Waals surface area contributed by atoms with Crippen molar-refractivity contribution in [1.82, 2.24) is 4.90 Å². The van der Waals surface area contributed by atoms with Gasteiger partial charge in [-0.2, -0.15) is 0 Å². The molecule has 6 fully saturated rings. The van der Waals surface area contributed by atoms with Gasteiger partial charge in [-0.05, 0) is 31.0 Å². The highest BCUT2D eigenvalue weighted by Gasteiger charge is 2.87. The molecule has 10 nitrogen and oxygen atoms in total. The number of likely N-dealkylation sites (tertiary alicyclic amines) is 1. The Morgan fingerprint density at radius 1 is 1.07 bits per heavy atom. The molecule has 1 aliphatic heterocycles. The number of nitrogens with zero attached hydrogens (tertiary/aromatic N) is 1. The lowest BCUT2D eigenvalue weighted by atomic mass is 9.43. The molecule has 0 radical (unpaired) electrons. The standard InChI is InChI=1S/C32H43NO9/c1-6-33-14-30(15-38-2)18(34)12-19(39-3)32-17-13-31(37)27(42-29(36)16-10-8-7-9-11-16)20(17)21(23(35)28(31)41-5)22(26(32)33)24(40-4)25(30)32/h7-11,17-22,24-28,34,37H,6,12-15H2,1-5H3/t17-,18-,19?,20+,21+,22?,24?,25-,26?,27-,28-,30+,31-,32?/m1/s1. The molecule has 6 aliphatic rings. The number of carbonyl (C=O) groups is 2. The van der Waals surface area contributed by atoms with E-state index in [4.69, 9.17) is 23.7 Å². The van der Waals surface area contributed by atoms with Crippen LogP contribution in [0.25, 0.3) is 0 Å². The van der Waals surface area contributed by atoms with Gasteiger partial charge in [-0.3, -0.25) is 9.69 Å². The summed E-state index contributed by atoms with van der Waals surface area (Å²) in [4.78, 5) is 30.4. The Kier molecular flexibility index (Phi) is 6.72. The van der Waals surface area contributed by atoms with Gasteiger partial charge < -0.3 is 33.9 Å². The van der Waals surface area contributed by atoms with Crippen molar-refractivity contribution in [3.05, 3.63) is 35.9 Å². The summed E-state index contributed by atoms with van der Waals surface area (Å²) >= 11 is 0. The molecule has 7 bridgehead atoms. The fourth-order valence-electron chi connectivity index (χ4n) is 11.7. The normalized spacial score (nSPS) is 50.2. The van der Waals surface area contributed by atoms with Crippen LogP contribution < -0.4 is 0 Å². The van der Waals surface area contributed by atoms with Crippen molar-refractivity contribution in [3.63, 3.8) is 0 Å². The van der Waals surface area contributed by atoms with Gasteiger partial charge in [-0.1, -0.05) is 25.1 Å². The van der Waals surface area contributed by atoms with Crippen molar-refractivity contribution in [1.29, 1.82) is 0 Å². The number of piperidine rings is 1. The van der Waals surface area contributed by atoms with E-state index in [0.29, 0.717) is 31.7 Å². The Morgan fingerprint density at radius 3 is 2.43 bits per heavy atom. The SMILES string of the molecule is CCN1C[C@]2(COC)[C@H](O)CC(OC)C34C1C(C(OC)[C@@H]32)[C@H]1C(=O)[C@@H](OC)[C@@]2(O)C[C@@H]4[C@@H]1[C@H]2OC(=O)c1ccccc1. The van der Waals surface area contributed by atoms with Crippen LogP contribution >= 0.6 is 0 Å². The van der Waals surface area contributed by atoms with Crippen LogP contribution in [0, 0.1) is 40.4 Å². The molecule has 42 heavy (non-hydrogen) atoms. The maximum absolute atomic E-state index is 14.5. The van der Waals surface area contributed by atoms with Crippen LogP contribution in [0.3, 0.4) is 0 Å². The largest absolute Gasteiger partial charge is 0.455 e. The Labute approximate surface area is 246 Å². The predicted molar refractivity (Wildman–Crippen MR) is 148 cm³/mol. The van der Waals surface area contributed by atoms with E-state index in [1.807, 2.05) is 6.07 Å². The molecule has 0 amide bonds. The Bertz CT molecular complexity index is 1250. The lowest BCUT2D eigenvalue weighted by Gasteiger charge is -2.69. The van der Waals surface area contributed by atoms with Crippen molar-refractivity contribution in [2.24, 2.45) is 40.4 Å². The molecule has 14 atom stereocenters. The van der Waals surface area contributed by atoms with Crippen molar-refractivity contribution < 1.29 is 43.5 Å². The van der Waals surface area contributed by atoms with Crippen LogP contribution in [0.4, 0.5) is 0 Å². The van der Waals surface area contributed by atoms with Crippen molar-refractivity contribution >= 4 is 11.8 Å². The van der Waals surface area contributed by atoms with E-state index in [-0.39, 0.29) is 48.2 Å². The van der Waals surface area contributed by atoms with Crippen LogP contribution in [-0.4, -0.2) is 117 Å². The van der Waals surface area contributed by atoms with E-state index < -0.39 is 52.5 Å². The van der Waals surface area contributed by atoms with Crippen molar-refractivity contribution in [2.45, 2.75) is 61.9 Å². The minimum absolute atomic E-state index is 0.0847. The molecule has 1 aromatic rings. The molecule has 5 saturated carbocycles. The smallest absolute Gasteiger partial charge is 0.338 e. The highest BCUT2D eigenvalue weighted by molar-refractivity contribution is 5.92. The molecule has 5 aliphatic carbocycles. The maximum Gasteiger partial charge on any atom is 0.338 e. The number of esters is 1. The predicted octanol–water partition coefficient (Wildman–Crippen LogP) is 1.17. The fourth-order valence-corrected chi connectivity index (χ4v) is 11.7. The van der Waals surface area contributed by atoms with E-state index in [0.717, 1.165) is 0 Å². The summed E-state index contributed by atoms with van der Waals surface area (Å²) in [6.45, 7) is 3.77. The topological polar surface area (TPSA) is 124 Å². The zero-order valence-corrected chi connectivity index (χ0v) is 25.0. The first-order chi connectivity index (χ1) is 20.2. The van der Waals surface area contributed by atoms with Crippen LogP contribution in [0.15, 0.2) is 30.3 Å². The van der Waals surface area contributed by atoms with Crippen LogP contribution in [0.5, 0.6) is 0 Å². The van der Waals surface area contributed by atoms with Gasteiger partial charge in [0.25, 0.3) is 0 Å². The third kappa shape index (κ3) is 3.19. The summed E-state index contributed by atoms with van der Waals surface area (Å²) in [7, 11) is 6.49. The summed E-state index contributed by atoms with van der Waals surface area (Å²) in [5, 5.41) is 24.4. The van der Waals surface area contributed by atoms with E-state index in [1.54, 1.807) is 45.6 Å². The van der Waals surface area contributed by atoms with Crippen LogP contribution in [0.2, 0.25) is 0 Å². The number of methoxy groups -OCH3 is 4. The molecule has 1 spiro atoms. The summed E-state index contributed by atoms with van der Waals surface area (Å²) in [5.74, 6) is -2.42. The molecule has 1 saturated heterocycles. The maximum atomic E-state index is 14.5. The molecule has 5 unspecified atom stereocenters. The number of rotatable bonds is 8. The number of hydrogen-bond acceptors (Lipinski definition) is 10. The monoisotopic (exact) mass is 585 g/mol. The molecule has 2 N–H and O–H groups in total. The average Bonchev–Trinajstić information content (AvgIpc) is 3.33. The molecular formula is C32H43NO9. The first kappa shape index (κ1) is 28.8. The fraction of sp³-hybridized carbons (Fsp3) is 0.750. The first-order valence-electron chi connectivity index (χ1n) is 15.2. The van der Waals surface area contributed by atoms with Gasteiger partial charge in [0.1, 0.15) is 17.8 Å². The number of aliphatic hydroxyl groups is 2. The zero-order chi connectivity index (χ0) is 29.8. The summed E-state index contributed by atoms with van der Waals surface area (Å²) in [6.07, 6.45) is -2.90.